The van der Waals surface area contributed by atoms with Crippen LogP contribution in [0.15, 0.2) is 0 Å². The van der Waals surface area contributed by atoms with E-state index in [1.165, 1.54) is 13.8 Å². The van der Waals surface area contributed by atoms with Crippen LogP contribution in [0.2, 0.25) is 0 Å². The number of halogens is 1. The Labute approximate surface area is 77.6 Å². The van der Waals surface area contributed by atoms with Gasteiger partial charge in [0.1, 0.15) is 0 Å². The molecule has 0 aromatic heterocycles. The van der Waals surface area contributed by atoms with E-state index in [-0.39, 0.29) is 17.0 Å². The molecule has 0 heterocycles. The summed E-state index contributed by atoms with van der Waals surface area (Å²) in [5, 5.41) is 0. The third-order valence-electron chi connectivity index (χ3n) is 0.564. The average molecular weight is 245 g/mol. The van der Waals surface area contributed by atoms with Gasteiger partial charge in [0.05, 0.1) is 0 Å². The molecule has 0 aliphatic rings. The lowest BCUT2D eigenvalue weighted by atomic mass is 10.8. The predicted molar refractivity (Wildman–Crippen MR) is 47.4 cm³/mol. The van der Waals surface area contributed by atoms with Gasteiger partial charge in [-0.3, -0.25) is 9.59 Å². The normalized spacial score (nSPS) is 8.36. The predicted octanol–water partition coefficient (Wildman–Crippen LogP) is 0.849. The summed E-state index contributed by atoms with van der Waals surface area (Å²) in [6.07, 6.45) is 0. The van der Waals surface area contributed by atoms with E-state index in [0.717, 1.165) is 0 Å². The molecule has 0 bridgehead atoms. The molecule has 0 spiro atoms. The molecule has 11 heavy (non-hydrogen) atoms. The number of hydrogen-bond acceptors (Lipinski definition) is 4. The highest BCUT2D eigenvalue weighted by molar-refractivity contribution is 8.93. The van der Waals surface area contributed by atoms with Crippen LogP contribution in [0.3, 0.4) is 0 Å². The Morgan fingerprint density at radius 2 is 1.45 bits per heavy atom. The molecular formula is C5H10BrO4P. The van der Waals surface area contributed by atoms with Gasteiger partial charge in [-0.2, -0.15) is 0 Å². The van der Waals surface area contributed by atoms with E-state index in [1.54, 1.807) is 0 Å². The topological polar surface area (TPSA) is 52.6 Å². The third kappa shape index (κ3) is 9.85. The van der Waals surface area contributed by atoms with Crippen LogP contribution in [-0.2, 0) is 19.1 Å². The highest BCUT2D eigenvalue weighted by Gasteiger charge is 2.06. The third-order valence-corrected chi connectivity index (χ3v) is 0.836. The second kappa shape index (κ2) is 6.55. The maximum absolute atomic E-state index is 10.2. The maximum Gasteiger partial charge on any atom is 0.305 e. The summed E-state index contributed by atoms with van der Waals surface area (Å²) < 4.78 is 8.88. The minimum absolute atomic E-state index is 0. The van der Waals surface area contributed by atoms with Gasteiger partial charge in [-0.1, -0.05) is 0 Å². The van der Waals surface area contributed by atoms with Crippen LogP contribution in [0.25, 0.3) is 0 Å². The Morgan fingerprint density at radius 3 is 1.64 bits per heavy atom. The van der Waals surface area contributed by atoms with Crippen LogP contribution in [0.5, 0.6) is 0 Å². The largest absolute Gasteiger partial charge is 0.422 e. The average Bonchev–Trinajstić information content (AvgIpc) is 1.58. The van der Waals surface area contributed by atoms with Gasteiger partial charge in [0, 0.05) is 13.8 Å². The fraction of sp³-hybridized carbons (Fsp3) is 0.600. The van der Waals surface area contributed by atoms with Crippen LogP contribution < -0.4 is 0 Å². The fourth-order valence-corrected chi connectivity index (χ4v) is 0.734. The molecule has 4 nitrogen and oxygen atoms in total. The SMILES string of the molecule is Br.CC(=O)OC(P)OC(C)=O. The number of hydrogen-bond donors (Lipinski definition) is 0. The van der Waals surface area contributed by atoms with Crippen LogP contribution in [0.1, 0.15) is 13.8 Å². The zero-order chi connectivity index (χ0) is 8.15. The lowest BCUT2D eigenvalue weighted by molar-refractivity contribution is -0.169. The van der Waals surface area contributed by atoms with Crippen molar-refractivity contribution in [2.24, 2.45) is 0 Å². The molecule has 0 fully saturated rings. The molecule has 1 unspecified atom stereocenters. The van der Waals surface area contributed by atoms with Crippen molar-refractivity contribution in [2.45, 2.75) is 19.9 Å². The molecule has 0 aromatic carbocycles. The van der Waals surface area contributed by atoms with Crippen molar-refractivity contribution in [2.75, 3.05) is 0 Å². The van der Waals surface area contributed by atoms with Gasteiger partial charge >= 0.3 is 11.9 Å². The summed E-state index contributed by atoms with van der Waals surface area (Å²) in [7, 11) is 2.06. The van der Waals surface area contributed by atoms with Gasteiger partial charge in [0.25, 0.3) is 6.03 Å². The summed E-state index contributed by atoms with van der Waals surface area (Å²) in [5.74, 6) is -0.970. The lowest BCUT2D eigenvalue weighted by Crippen LogP contribution is -2.15. The summed E-state index contributed by atoms with van der Waals surface area (Å²) in [5.41, 5.74) is 0. The van der Waals surface area contributed by atoms with Crippen molar-refractivity contribution in [1.29, 1.82) is 0 Å². The standard InChI is InChI=1S/C5H9O4P.BrH/c1-3(6)8-5(10)9-4(2)7;/h5H,10H2,1-2H3;1H. The van der Waals surface area contributed by atoms with E-state index in [0.29, 0.717) is 0 Å². The summed E-state index contributed by atoms with van der Waals surface area (Å²) in [4.78, 5) is 20.4. The summed E-state index contributed by atoms with van der Waals surface area (Å²) >= 11 is 0. The Kier molecular flexibility index (Phi) is 8.01. The molecule has 6 heteroatoms. The molecule has 0 rings (SSSR count). The molecule has 0 saturated heterocycles. The molecule has 0 aliphatic heterocycles. The molecule has 0 amide bonds. The first-order chi connectivity index (χ1) is 4.52. The van der Waals surface area contributed by atoms with E-state index < -0.39 is 18.0 Å². The molecule has 0 radical (unpaired) electrons. The smallest absolute Gasteiger partial charge is 0.305 e. The maximum atomic E-state index is 10.2. The first kappa shape index (κ1) is 13.4. The van der Waals surface area contributed by atoms with E-state index >= 15 is 0 Å². The number of carbonyl (C=O) groups is 2. The first-order valence-corrected chi connectivity index (χ1v) is 3.29. The van der Waals surface area contributed by atoms with Gasteiger partial charge < -0.3 is 9.47 Å². The van der Waals surface area contributed by atoms with Gasteiger partial charge in [-0.15, -0.1) is 17.0 Å². The first-order valence-electron chi connectivity index (χ1n) is 2.62. The van der Waals surface area contributed by atoms with Crippen molar-refractivity contribution in [1.82, 2.24) is 0 Å². The van der Waals surface area contributed by atoms with Crippen molar-refractivity contribution in [3.63, 3.8) is 0 Å². The van der Waals surface area contributed by atoms with Gasteiger partial charge in [-0.05, 0) is 9.24 Å². The highest BCUT2D eigenvalue weighted by Crippen LogP contribution is 2.03. The van der Waals surface area contributed by atoms with Crippen molar-refractivity contribution >= 4 is 38.2 Å². The van der Waals surface area contributed by atoms with E-state index in [9.17, 15) is 9.59 Å². The van der Waals surface area contributed by atoms with Gasteiger partial charge in [-0.25, -0.2) is 0 Å². The van der Waals surface area contributed by atoms with Gasteiger partial charge in [0.15, 0.2) is 0 Å². The van der Waals surface area contributed by atoms with Crippen LogP contribution in [-0.4, -0.2) is 18.0 Å². The van der Waals surface area contributed by atoms with Crippen molar-refractivity contribution < 1.29 is 19.1 Å². The van der Waals surface area contributed by atoms with Crippen LogP contribution in [0.4, 0.5) is 0 Å². The number of rotatable bonds is 2. The van der Waals surface area contributed by atoms with Gasteiger partial charge in [0.2, 0.25) is 0 Å². The quantitative estimate of drug-likeness (QED) is 0.411. The molecule has 1 atom stereocenters. The molecular weight excluding hydrogens is 235 g/mol. The Balaban J connectivity index is 0. The second-order valence-corrected chi connectivity index (χ2v) is 2.13. The Bertz CT molecular complexity index is 133. The molecule has 0 aromatic rings. The van der Waals surface area contributed by atoms with Crippen LogP contribution in [0, 0.1) is 0 Å². The minimum atomic E-state index is -0.866. The lowest BCUT2D eigenvalue weighted by Gasteiger charge is -2.09. The highest BCUT2D eigenvalue weighted by atomic mass is 79.9. The summed E-state index contributed by atoms with van der Waals surface area (Å²) in [6.45, 7) is 2.47. The van der Waals surface area contributed by atoms with E-state index in [4.69, 9.17) is 0 Å². The molecule has 0 aliphatic carbocycles. The molecule has 66 valence electrons. The number of ether oxygens (including phenoxy) is 2. The molecule has 0 N–H and O–H groups in total. The Hall–Kier alpha value is -0.150. The van der Waals surface area contributed by atoms with Crippen molar-refractivity contribution in [3.05, 3.63) is 0 Å². The zero-order valence-corrected chi connectivity index (χ0v) is 9.06. The van der Waals surface area contributed by atoms with Crippen molar-refractivity contribution in [3.8, 4) is 0 Å². The number of esters is 2. The zero-order valence-electron chi connectivity index (χ0n) is 6.20. The minimum Gasteiger partial charge on any atom is -0.422 e. The van der Waals surface area contributed by atoms with E-state index in [2.05, 4.69) is 18.7 Å². The molecule has 0 saturated carbocycles. The Morgan fingerprint density at radius 1 is 1.18 bits per heavy atom. The monoisotopic (exact) mass is 244 g/mol. The number of carbonyl (C=O) groups excluding carboxylic acids is 2. The second-order valence-electron chi connectivity index (χ2n) is 1.59. The summed E-state index contributed by atoms with van der Waals surface area (Å²) in [6, 6.07) is -0.866. The van der Waals surface area contributed by atoms with E-state index in [1.807, 2.05) is 0 Å². The van der Waals surface area contributed by atoms with Crippen LogP contribution >= 0.6 is 26.2 Å². The fourth-order valence-electron chi connectivity index (χ4n) is 0.351.